The summed E-state index contributed by atoms with van der Waals surface area (Å²) in [7, 11) is 0. The van der Waals surface area contributed by atoms with Crippen molar-refractivity contribution in [1.29, 1.82) is 0 Å². The van der Waals surface area contributed by atoms with Gasteiger partial charge < -0.3 is 0 Å². The molecule has 0 amide bonds. The first kappa shape index (κ1) is 17.2. The Labute approximate surface area is 152 Å². The lowest BCUT2D eigenvalue weighted by Crippen LogP contribution is -2.54. The van der Waals surface area contributed by atoms with Crippen LogP contribution in [0.15, 0.2) is 22.8 Å². The van der Waals surface area contributed by atoms with Crippen molar-refractivity contribution >= 4 is 11.6 Å². The second-order valence-electron chi connectivity index (χ2n) is 9.62. The number of hydrogen-bond acceptors (Lipinski definition) is 2. The molecule has 4 rings (SSSR count). The molecule has 0 spiro atoms. The Morgan fingerprint density at radius 2 is 1.80 bits per heavy atom. The molecule has 4 aliphatic rings. The Kier molecular flexibility index (Phi) is 3.73. The number of carbonyl (C=O) groups excluding carboxylic acids is 2. The average molecular weight is 341 g/mol. The van der Waals surface area contributed by atoms with Crippen LogP contribution in [-0.2, 0) is 9.59 Å². The van der Waals surface area contributed by atoms with Crippen LogP contribution in [0.3, 0.4) is 0 Å². The maximum atomic E-state index is 12.6. The normalized spacial score (nSPS) is 48.4. The molecule has 0 radical (unpaired) electrons. The van der Waals surface area contributed by atoms with Gasteiger partial charge in [0.1, 0.15) is 5.78 Å². The van der Waals surface area contributed by atoms with Crippen molar-refractivity contribution in [1.82, 2.24) is 0 Å². The quantitative estimate of drug-likeness (QED) is 0.601. The lowest BCUT2D eigenvalue weighted by molar-refractivity contribution is -0.133. The molecule has 0 heterocycles. The second-order valence-corrected chi connectivity index (χ2v) is 9.62. The topological polar surface area (TPSA) is 34.1 Å². The minimum Gasteiger partial charge on any atom is -0.299 e. The van der Waals surface area contributed by atoms with E-state index in [1.807, 2.05) is 0 Å². The number of hydrogen-bond donors (Lipinski definition) is 0. The molecule has 2 nitrogen and oxygen atoms in total. The molecule has 4 aliphatic carbocycles. The molecule has 0 saturated heterocycles. The smallest absolute Gasteiger partial charge is 0.159 e. The zero-order chi connectivity index (χ0) is 18.1. The molecule has 0 unspecified atom stereocenters. The number of ketones is 2. The summed E-state index contributed by atoms with van der Waals surface area (Å²) < 4.78 is 0. The average Bonchev–Trinajstić information content (AvgIpc) is 2.88. The Hall–Kier alpha value is -1.18. The van der Waals surface area contributed by atoms with Crippen molar-refractivity contribution in [3.8, 4) is 0 Å². The third-order valence-corrected chi connectivity index (χ3v) is 8.89. The van der Waals surface area contributed by atoms with Gasteiger partial charge in [-0.15, -0.1) is 0 Å². The summed E-state index contributed by atoms with van der Waals surface area (Å²) in [5.74, 6) is 3.00. The summed E-state index contributed by atoms with van der Waals surface area (Å²) in [6.07, 6.45) is 8.06. The van der Waals surface area contributed by atoms with Gasteiger partial charge in [-0.2, -0.15) is 0 Å². The molecule has 6 atom stereocenters. The molecule has 0 aromatic rings. The van der Waals surface area contributed by atoms with Crippen LogP contribution in [0.1, 0.15) is 73.1 Å². The molecule has 0 aromatic carbocycles. The van der Waals surface area contributed by atoms with Crippen molar-refractivity contribution in [2.24, 2.45) is 34.5 Å². The molecule has 3 fully saturated rings. The fourth-order valence-corrected chi connectivity index (χ4v) is 7.28. The van der Waals surface area contributed by atoms with Crippen LogP contribution in [-0.4, -0.2) is 11.6 Å². The monoisotopic (exact) mass is 340 g/mol. The Balaban J connectivity index is 1.86. The standard InChI is InChI=1S/C23H32O2/c1-6-15-12-16-17-7-8-20(25)22(17,4)10-9-18(16)23(5)13(2)11-19(24)14(3)21(15)23/h6,13,16-18H,7-12H2,1-5H3/b15-6+/t13-,16+,17+,18+,22+,23-/m1/s1. The first-order valence-electron chi connectivity index (χ1n) is 10.2. The SMILES string of the molecule is C/C=C1\C[C@@H]2[C@H](CC[C@]3(C)C(=O)CC[C@@H]23)[C@]2(C)C1=C(C)C(=O)C[C@H]2C. The van der Waals surface area contributed by atoms with Gasteiger partial charge in [0.2, 0.25) is 0 Å². The van der Waals surface area contributed by atoms with E-state index in [0.29, 0.717) is 41.7 Å². The molecule has 136 valence electrons. The van der Waals surface area contributed by atoms with Gasteiger partial charge in [-0.05, 0) is 85.3 Å². The van der Waals surface area contributed by atoms with E-state index in [-0.39, 0.29) is 10.8 Å². The van der Waals surface area contributed by atoms with Crippen LogP contribution < -0.4 is 0 Å². The highest BCUT2D eigenvalue weighted by Crippen LogP contribution is 2.67. The summed E-state index contributed by atoms with van der Waals surface area (Å²) in [6, 6.07) is 0. The van der Waals surface area contributed by atoms with E-state index >= 15 is 0 Å². The minimum absolute atomic E-state index is 0.0830. The maximum Gasteiger partial charge on any atom is 0.159 e. The molecule has 0 N–H and O–H groups in total. The van der Waals surface area contributed by atoms with Crippen LogP contribution in [0.2, 0.25) is 0 Å². The highest BCUT2D eigenvalue weighted by Gasteiger charge is 2.61. The molecule has 0 aliphatic heterocycles. The van der Waals surface area contributed by atoms with Crippen LogP contribution in [0.5, 0.6) is 0 Å². The van der Waals surface area contributed by atoms with Crippen LogP contribution in [0.4, 0.5) is 0 Å². The van der Waals surface area contributed by atoms with E-state index in [9.17, 15) is 9.59 Å². The summed E-state index contributed by atoms with van der Waals surface area (Å²) in [5.41, 5.74) is 3.79. The summed E-state index contributed by atoms with van der Waals surface area (Å²) in [4.78, 5) is 25.2. The third kappa shape index (κ3) is 2.03. The van der Waals surface area contributed by atoms with Crippen LogP contribution >= 0.6 is 0 Å². The summed E-state index contributed by atoms with van der Waals surface area (Å²) in [5, 5.41) is 0. The highest BCUT2D eigenvalue weighted by molar-refractivity contribution is 5.98. The summed E-state index contributed by atoms with van der Waals surface area (Å²) >= 11 is 0. The lowest BCUT2D eigenvalue weighted by atomic mass is 9.44. The number of Topliss-reactive ketones (excluding diaryl/α,β-unsaturated/α-hetero) is 2. The van der Waals surface area contributed by atoms with E-state index in [4.69, 9.17) is 0 Å². The van der Waals surface area contributed by atoms with E-state index in [1.165, 1.54) is 11.1 Å². The number of carbonyl (C=O) groups is 2. The first-order chi connectivity index (χ1) is 11.7. The van der Waals surface area contributed by atoms with Gasteiger partial charge in [0.25, 0.3) is 0 Å². The third-order valence-electron chi connectivity index (χ3n) is 8.89. The largest absolute Gasteiger partial charge is 0.299 e. The van der Waals surface area contributed by atoms with Gasteiger partial charge in [0.05, 0.1) is 0 Å². The fraction of sp³-hybridized carbons (Fsp3) is 0.739. The predicted octanol–water partition coefficient (Wildman–Crippen LogP) is 5.28. The summed E-state index contributed by atoms with van der Waals surface area (Å²) in [6.45, 7) is 11.1. The van der Waals surface area contributed by atoms with Gasteiger partial charge in [-0.25, -0.2) is 0 Å². The lowest BCUT2D eigenvalue weighted by Gasteiger charge is -2.60. The zero-order valence-corrected chi connectivity index (χ0v) is 16.4. The number of allylic oxidation sites excluding steroid dienone is 3. The van der Waals surface area contributed by atoms with Gasteiger partial charge >= 0.3 is 0 Å². The van der Waals surface area contributed by atoms with E-state index in [2.05, 4.69) is 40.7 Å². The number of rotatable bonds is 0. The van der Waals surface area contributed by atoms with Gasteiger partial charge in [0.15, 0.2) is 5.78 Å². The van der Waals surface area contributed by atoms with Crippen LogP contribution in [0, 0.1) is 34.5 Å². The minimum atomic E-state index is -0.0830. The van der Waals surface area contributed by atoms with Crippen molar-refractivity contribution < 1.29 is 9.59 Å². The van der Waals surface area contributed by atoms with Crippen LogP contribution in [0.25, 0.3) is 0 Å². The van der Waals surface area contributed by atoms with Gasteiger partial charge in [-0.3, -0.25) is 9.59 Å². The molecular formula is C23H32O2. The molecule has 0 aromatic heterocycles. The fourth-order valence-electron chi connectivity index (χ4n) is 7.28. The molecule has 2 heteroatoms. The van der Waals surface area contributed by atoms with Gasteiger partial charge in [0, 0.05) is 18.3 Å². The maximum absolute atomic E-state index is 12.6. The van der Waals surface area contributed by atoms with E-state index in [1.54, 1.807) is 0 Å². The highest BCUT2D eigenvalue weighted by atomic mass is 16.1. The Morgan fingerprint density at radius 3 is 2.48 bits per heavy atom. The molecule has 0 bridgehead atoms. The van der Waals surface area contributed by atoms with Crippen molar-refractivity contribution in [2.75, 3.05) is 0 Å². The number of fused-ring (bicyclic) bond motifs is 5. The van der Waals surface area contributed by atoms with Gasteiger partial charge in [-0.1, -0.05) is 26.8 Å². The first-order valence-corrected chi connectivity index (χ1v) is 10.2. The zero-order valence-electron chi connectivity index (χ0n) is 16.4. The Bertz CT molecular complexity index is 712. The Morgan fingerprint density at radius 1 is 1.08 bits per heavy atom. The van der Waals surface area contributed by atoms with Crippen molar-refractivity contribution in [2.45, 2.75) is 73.1 Å². The van der Waals surface area contributed by atoms with Crippen molar-refractivity contribution in [3.63, 3.8) is 0 Å². The van der Waals surface area contributed by atoms with E-state index in [0.717, 1.165) is 37.7 Å². The molecule has 25 heavy (non-hydrogen) atoms. The predicted molar refractivity (Wildman–Crippen MR) is 100 cm³/mol. The molecular weight excluding hydrogens is 308 g/mol. The van der Waals surface area contributed by atoms with Crippen molar-refractivity contribution in [3.05, 3.63) is 22.8 Å². The second kappa shape index (κ2) is 5.41. The van der Waals surface area contributed by atoms with E-state index < -0.39 is 0 Å². The molecule has 3 saturated carbocycles.